The van der Waals surface area contributed by atoms with Crippen molar-refractivity contribution in [1.82, 2.24) is 0 Å². The van der Waals surface area contributed by atoms with Gasteiger partial charge in [-0.3, -0.25) is 4.79 Å². The first kappa shape index (κ1) is 15.4. The summed E-state index contributed by atoms with van der Waals surface area (Å²) in [5.41, 5.74) is 1.37. The van der Waals surface area contributed by atoms with Crippen LogP contribution in [0.1, 0.15) is 5.56 Å². The van der Waals surface area contributed by atoms with Crippen LogP contribution in [0.25, 0.3) is 6.08 Å². The third kappa shape index (κ3) is 4.25. The first-order chi connectivity index (χ1) is 10.1. The van der Waals surface area contributed by atoms with Crippen LogP contribution in [0.3, 0.4) is 0 Å². The molecular formula is C16H13Cl2NO2. The number of methoxy groups -OCH3 is 1. The van der Waals surface area contributed by atoms with Crippen LogP contribution in [-0.4, -0.2) is 13.0 Å². The maximum absolute atomic E-state index is 11.8. The van der Waals surface area contributed by atoms with E-state index in [2.05, 4.69) is 5.32 Å². The summed E-state index contributed by atoms with van der Waals surface area (Å²) in [4.78, 5) is 11.8. The molecule has 2 aromatic carbocycles. The highest BCUT2D eigenvalue weighted by Gasteiger charge is 2.04. The lowest BCUT2D eigenvalue weighted by atomic mass is 10.2. The number of hydrogen-bond donors (Lipinski definition) is 1. The third-order valence-corrected chi connectivity index (χ3v) is 3.38. The quantitative estimate of drug-likeness (QED) is 0.832. The van der Waals surface area contributed by atoms with Crippen molar-refractivity contribution < 1.29 is 9.53 Å². The van der Waals surface area contributed by atoms with Gasteiger partial charge in [-0.25, -0.2) is 0 Å². The predicted octanol–water partition coefficient (Wildman–Crippen LogP) is 4.65. The topological polar surface area (TPSA) is 38.3 Å². The van der Waals surface area contributed by atoms with E-state index in [4.69, 9.17) is 27.9 Å². The van der Waals surface area contributed by atoms with Crippen LogP contribution in [0.4, 0.5) is 5.69 Å². The van der Waals surface area contributed by atoms with Gasteiger partial charge in [0.25, 0.3) is 0 Å². The number of ether oxygens (including phenoxy) is 1. The number of carbonyl (C=O) groups excluding carboxylic acids is 1. The molecule has 1 N–H and O–H groups in total. The van der Waals surface area contributed by atoms with E-state index in [1.54, 1.807) is 30.3 Å². The second-order valence-corrected chi connectivity index (χ2v) is 5.01. The number of nitrogens with one attached hydrogen (secondary N) is 1. The van der Waals surface area contributed by atoms with Crippen LogP contribution >= 0.6 is 23.2 Å². The molecule has 2 aromatic rings. The lowest BCUT2D eigenvalue weighted by Gasteiger charge is -2.06. The van der Waals surface area contributed by atoms with E-state index < -0.39 is 0 Å². The van der Waals surface area contributed by atoms with Crippen LogP contribution in [0.15, 0.2) is 48.5 Å². The molecule has 0 atom stereocenters. The van der Waals surface area contributed by atoms with Gasteiger partial charge in [-0.15, -0.1) is 0 Å². The molecule has 0 saturated heterocycles. The van der Waals surface area contributed by atoms with Gasteiger partial charge in [-0.05, 0) is 35.9 Å². The molecule has 0 bridgehead atoms. The fraction of sp³-hybridized carbons (Fsp3) is 0.0625. The molecule has 21 heavy (non-hydrogen) atoms. The summed E-state index contributed by atoms with van der Waals surface area (Å²) in [7, 11) is 1.53. The number of amides is 1. The minimum atomic E-state index is -0.267. The monoisotopic (exact) mass is 321 g/mol. The number of carbonyl (C=O) groups is 1. The van der Waals surface area contributed by atoms with Gasteiger partial charge in [0.15, 0.2) is 0 Å². The smallest absolute Gasteiger partial charge is 0.248 e. The van der Waals surface area contributed by atoms with Crippen molar-refractivity contribution >= 4 is 40.9 Å². The Morgan fingerprint density at radius 3 is 2.57 bits per heavy atom. The largest absolute Gasteiger partial charge is 0.495 e. The fourth-order valence-corrected chi connectivity index (χ4v) is 2.16. The predicted molar refractivity (Wildman–Crippen MR) is 87.1 cm³/mol. The summed E-state index contributed by atoms with van der Waals surface area (Å²) in [6.07, 6.45) is 3.07. The molecule has 3 nitrogen and oxygen atoms in total. The van der Waals surface area contributed by atoms with Gasteiger partial charge in [0.2, 0.25) is 5.91 Å². The van der Waals surface area contributed by atoms with E-state index in [0.717, 1.165) is 5.56 Å². The van der Waals surface area contributed by atoms with Gasteiger partial charge in [0.1, 0.15) is 5.75 Å². The molecule has 0 saturated carbocycles. The van der Waals surface area contributed by atoms with E-state index in [0.29, 0.717) is 21.5 Å². The molecule has 0 fully saturated rings. The molecular weight excluding hydrogens is 309 g/mol. The molecule has 0 aliphatic rings. The van der Waals surface area contributed by atoms with Crippen molar-refractivity contribution in [1.29, 1.82) is 0 Å². The molecule has 1 amide bonds. The maximum atomic E-state index is 11.8. The van der Waals surface area contributed by atoms with Crippen molar-refractivity contribution in [3.8, 4) is 5.75 Å². The molecule has 0 aliphatic heterocycles. The van der Waals surface area contributed by atoms with E-state index in [9.17, 15) is 4.79 Å². The van der Waals surface area contributed by atoms with Gasteiger partial charge in [0.05, 0.1) is 12.1 Å². The van der Waals surface area contributed by atoms with Gasteiger partial charge in [-0.2, -0.15) is 0 Å². The Morgan fingerprint density at radius 2 is 1.90 bits per heavy atom. The number of halogens is 2. The minimum Gasteiger partial charge on any atom is -0.495 e. The van der Waals surface area contributed by atoms with E-state index in [1.165, 1.54) is 13.2 Å². The molecule has 2 rings (SSSR count). The summed E-state index contributed by atoms with van der Waals surface area (Å²) in [6, 6.07) is 12.3. The highest BCUT2D eigenvalue weighted by Crippen LogP contribution is 2.27. The van der Waals surface area contributed by atoms with Crippen molar-refractivity contribution in [2.24, 2.45) is 0 Å². The van der Waals surface area contributed by atoms with Crippen LogP contribution in [-0.2, 0) is 4.79 Å². The highest BCUT2D eigenvalue weighted by atomic mass is 35.5. The highest BCUT2D eigenvalue weighted by molar-refractivity contribution is 6.32. The summed E-state index contributed by atoms with van der Waals surface area (Å²) >= 11 is 12.0. The Balaban J connectivity index is 2.05. The normalized spacial score (nSPS) is 10.6. The van der Waals surface area contributed by atoms with Crippen LogP contribution in [0.2, 0.25) is 10.0 Å². The Kier molecular flexibility index (Phi) is 5.26. The first-order valence-electron chi connectivity index (χ1n) is 6.17. The van der Waals surface area contributed by atoms with E-state index >= 15 is 0 Å². The molecule has 0 aromatic heterocycles. The summed E-state index contributed by atoms with van der Waals surface area (Å²) in [6.45, 7) is 0. The molecule has 0 heterocycles. The lowest BCUT2D eigenvalue weighted by molar-refractivity contribution is -0.111. The zero-order valence-corrected chi connectivity index (χ0v) is 12.8. The van der Waals surface area contributed by atoms with Crippen LogP contribution < -0.4 is 10.1 Å². The number of benzene rings is 2. The zero-order chi connectivity index (χ0) is 15.2. The first-order valence-corrected chi connectivity index (χ1v) is 6.93. The summed E-state index contributed by atoms with van der Waals surface area (Å²) in [5.74, 6) is 0.289. The Morgan fingerprint density at radius 1 is 1.14 bits per heavy atom. The average molecular weight is 322 g/mol. The number of anilines is 1. The van der Waals surface area contributed by atoms with Crippen molar-refractivity contribution in [2.75, 3.05) is 12.4 Å². The Hall–Kier alpha value is -1.97. The molecule has 5 heteroatoms. The van der Waals surface area contributed by atoms with Gasteiger partial charge in [-0.1, -0.05) is 41.4 Å². The molecule has 0 spiro atoms. The minimum absolute atomic E-state index is 0.267. The zero-order valence-electron chi connectivity index (χ0n) is 11.3. The van der Waals surface area contributed by atoms with E-state index in [1.807, 2.05) is 18.2 Å². The van der Waals surface area contributed by atoms with Crippen LogP contribution in [0, 0.1) is 0 Å². The maximum Gasteiger partial charge on any atom is 0.248 e. The molecule has 0 radical (unpaired) electrons. The SMILES string of the molecule is COc1ccc(NC(=O)/C=C/c2ccccc2Cl)cc1Cl. The third-order valence-electron chi connectivity index (χ3n) is 2.74. The number of hydrogen-bond acceptors (Lipinski definition) is 2. The Bertz CT molecular complexity index is 684. The fourth-order valence-electron chi connectivity index (χ4n) is 1.70. The molecule has 0 aliphatic carbocycles. The standard InChI is InChI=1S/C16H13Cl2NO2/c1-21-15-8-7-12(10-14(15)18)19-16(20)9-6-11-4-2-3-5-13(11)17/h2-10H,1H3,(H,19,20)/b9-6+. The number of rotatable bonds is 4. The summed E-state index contributed by atoms with van der Waals surface area (Å²) < 4.78 is 5.05. The lowest BCUT2D eigenvalue weighted by Crippen LogP contribution is -2.07. The average Bonchev–Trinajstić information content (AvgIpc) is 2.46. The second kappa shape index (κ2) is 7.16. The molecule has 0 unspecified atom stereocenters. The van der Waals surface area contributed by atoms with Crippen LogP contribution in [0.5, 0.6) is 5.75 Å². The second-order valence-electron chi connectivity index (χ2n) is 4.19. The van der Waals surface area contributed by atoms with Gasteiger partial charge in [0, 0.05) is 16.8 Å². The Labute approximate surface area is 133 Å². The van der Waals surface area contributed by atoms with Crippen molar-refractivity contribution in [3.63, 3.8) is 0 Å². The van der Waals surface area contributed by atoms with Gasteiger partial charge < -0.3 is 10.1 Å². The van der Waals surface area contributed by atoms with E-state index in [-0.39, 0.29) is 5.91 Å². The summed E-state index contributed by atoms with van der Waals surface area (Å²) in [5, 5.41) is 3.74. The molecule has 108 valence electrons. The van der Waals surface area contributed by atoms with Gasteiger partial charge >= 0.3 is 0 Å². The van der Waals surface area contributed by atoms with Crippen molar-refractivity contribution in [3.05, 3.63) is 64.1 Å². The van der Waals surface area contributed by atoms with Crippen molar-refractivity contribution in [2.45, 2.75) is 0 Å².